The van der Waals surface area contributed by atoms with E-state index in [9.17, 15) is 0 Å². The monoisotopic (exact) mass is 218 g/mol. The van der Waals surface area contributed by atoms with E-state index in [4.69, 9.17) is 0 Å². The Morgan fingerprint density at radius 1 is 0.706 bits per heavy atom. The van der Waals surface area contributed by atoms with Crippen LogP contribution in [0.2, 0.25) is 0 Å². The van der Waals surface area contributed by atoms with Gasteiger partial charge in [0.15, 0.2) is 0 Å². The zero-order valence-electron chi connectivity index (χ0n) is 9.64. The molecule has 0 saturated carbocycles. The molecule has 1 aliphatic rings. The maximum absolute atomic E-state index is 2.27. The summed E-state index contributed by atoms with van der Waals surface area (Å²) in [6.45, 7) is 0. The summed E-state index contributed by atoms with van der Waals surface area (Å²) in [5, 5.41) is 0. The molecule has 0 unspecified atom stereocenters. The molecule has 0 amide bonds. The van der Waals surface area contributed by atoms with Crippen LogP contribution in [-0.4, -0.2) is 0 Å². The Bertz CT molecular complexity index is 574. The lowest BCUT2D eigenvalue weighted by Crippen LogP contribution is -1.83. The Kier molecular flexibility index (Phi) is 2.63. The van der Waals surface area contributed by atoms with Crippen LogP contribution in [0, 0.1) is 0 Å². The second-order valence-electron chi connectivity index (χ2n) is 4.27. The van der Waals surface area contributed by atoms with E-state index in [2.05, 4.69) is 72.8 Å². The molecule has 0 aromatic heterocycles. The second kappa shape index (κ2) is 4.42. The van der Waals surface area contributed by atoms with E-state index in [-0.39, 0.29) is 0 Å². The van der Waals surface area contributed by atoms with E-state index in [1.165, 1.54) is 22.3 Å². The minimum atomic E-state index is 1.05. The molecule has 2 aromatic rings. The standard InChI is InChI=1S/C17H14/c1-2-7-14(8-3-1)16-11-6-12-17(13-16)15-9-4-5-10-15/h1-9,11-13H,10H2. The van der Waals surface area contributed by atoms with Crippen LogP contribution in [0.5, 0.6) is 0 Å². The molecule has 0 aliphatic heterocycles. The molecule has 0 nitrogen and oxygen atoms in total. The van der Waals surface area contributed by atoms with Crippen LogP contribution in [0.4, 0.5) is 0 Å². The van der Waals surface area contributed by atoms with Gasteiger partial charge in [-0.15, -0.1) is 0 Å². The first kappa shape index (κ1) is 10.1. The van der Waals surface area contributed by atoms with Crippen molar-refractivity contribution in [2.45, 2.75) is 6.42 Å². The minimum Gasteiger partial charge on any atom is -0.0801 e. The number of rotatable bonds is 2. The number of benzene rings is 2. The van der Waals surface area contributed by atoms with Crippen molar-refractivity contribution in [2.75, 3.05) is 0 Å². The molecular weight excluding hydrogens is 204 g/mol. The largest absolute Gasteiger partial charge is 0.0801 e. The second-order valence-corrected chi connectivity index (χ2v) is 4.27. The Labute approximate surface area is 102 Å². The lowest BCUT2D eigenvalue weighted by atomic mass is 9.99. The van der Waals surface area contributed by atoms with Crippen molar-refractivity contribution in [3.63, 3.8) is 0 Å². The molecule has 0 bridgehead atoms. The lowest BCUT2D eigenvalue weighted by molar-refractivity contribution is 1.43. The Hall–Kier alpha value is -2.08. The van der Waals surface area contributed by atoms with Gasteiger partial charge < -0.3 is 0 Å². The van der Waals surface area contributed by atoms with Crippen molar-refractivity contribution in [1.82, 2.24) is 0 Å². The van der Waals surface area contributed by atoms with E-state index >= 15 is 0 Å². The molecule has 0 saturated heterocycles. The number of allylic oxidation sites excluding steroid dienone is 4. The smallest absolute Gasteiger partial charge is 0.00884 e. The molecule has 0 N–H and O–H groups in total. The maximum Gasteiger partial charge on any atom is -0.00884 e. The fourth-order valence-electron chi connectivity index (χ4n) is 2.19. The third kappa shape index (κ3) is 2.07. The van der Waals surface area contributed by atoms with Crippen molar-refractivity contribution in [1.29, 1.82) is 0 Å². The van der Waals surface area contributed by atoms with Crippen LogP contribution in [0.15, 0.2) is 72.8 Å². The van der Waals surface area contributed by atoms with Crippen LogP contribution in [0.1, 0.15) is 12.0 Å². The summed E-state index contributed by atoms with van der Waals surface area (Å²) in [6.07, 6.45) is 7.58. The topological polar surface area (TPSA) is 0 Å². The van der Waals surface area contributed by atoms with Gasteiger partial charge in [0.05, 0.1) is 0 Å². The SMILES string of the molecule is C1=CCC(c2cccc(-c3ccccc3)c2)=C1. The van der Waals surface area contributed by atoms with Crippen molar-refractivity contribution in [3.05, 3.63) is 78.4 Å². The molecule has 1 aliphatic carbocycles. The highest BCUT2D eigenvalue weighted by Gasteiger charge is 2.04. The molecule has 0 heteroatoms. The van der Waals surface area contributed by atoms with Gasteiger partial charge in [-0.2, -0.15) is 0 Å². The fraction of sp³-hybridized carbons (Fsp3) is 0.0588. The van der Waals surface area contributed by atoms with Crippen LogP contribution in [0.3, 0.4) is 0 Å². The summed E-state index contributed by atoms with van der Waals surface area (Å²) in [7, 11) is 0. The van der Waals surface area contributed by atoms with Gasteiger partial charge in [-0.25, -0.2) is 0 Å². The van der Waals surface area contributed by atoms with E-state index < -0.39 is 0 Å². The molecule has 3 rings (SSSR count). The van der Waals surface area contributed by atoms with Gasteiger partial charge in [0.1, 0.15) is 0 Å². The third-order valence-corrected chi connectivity index (χ3v) is 3.11. The summed E-state index contributed by atoms with van der Waals surface area (Å²) in [4.78, 5) is 0. The Morgan fingerprint density at radius 2 is 1.47 bits per heavy atom. The van der Waals surface area contributed by atoms with Gasteiger partial charge in [-0.3, -0.25) is 0 Å². The molecule has 0 radical (unpaired) electrons. The maximum atomic E-state index is 2.27. The van der Waals surface area contributed by atoms with Gasteiger partial charge in [0.25, 0.3) is 0 Å². The zero-order valence-corrected chi connectivity index (χ0v) is 9.64. The molecule has 0 fully saturated rings. The quantitative estimate of drug-likeness (QED) is 0.685. The fourth-order valence-corrected chi connectivity index (χ4v) is 2.19. The van der Waals surface area contributed by atoms with Crippen LogP contribution in [-0.2, 0) is 0 Å². The first-order chi connectivity index (χ1) is 8.43. The van der Waals surface area contributed by atoms with E-state index in [1.807, 2.05) is 0 Å². The zero-order chi connectivity index (χ0) is 11.5. The highest BCUT2D eigenvalue weighted by Crippen LogP contribution is 2.27. The molecule has 17 heavy (non-hydrogen) atoms. The van der Waals surface area contributed by atoms with Gasteiger partial charge in [-0.05, 0) is 34.8 Å². The van der Waals surface area contributed by atoms with Crippen molar-refractivity contribution in [3.8, 4) is 11.1 Å². The molecule has 0 atom stereocenters. The highest BCUT2D eigenvalue weighted by atomic mass is 14.1. The molecule has 82 valence electrons. The van der Waals surface area contributed by atoms with Crippen molar-refractivity contribution >= 4 is 5.57 Å². The first-order valence-electron chi connectivity index (χ1n) is 5.95. The first-order valence-corrected chi connectivity index (χ1v) is 5.95. The average Bonchev–Trinajstić information content (AvgIpc) is 2.94. The molecule has 2 aromatic carbocycles. The van der Waals surface area contributed by atoms with Gasteiger partial charge in [-0.1, -0.05) is 66.8 Å². The van der Waals surface area contributed by atoms with Crippen molar-refractivity contribution in [2.24, 2.45) is 0 Å². The minimum absolute atomic E-state index is 1.05. The summed E-state index contributed by atoms with van der Waals surface area (Å²) < 4.78 is 0. The highest BCUT2D eigenvalue weighted by molar-refractivity contribution is 5.75. The average molecular weight is 218 g/mol. The molecule has 0 spiro atoms. The van der Waals surface area contributed by atoms with Gasteiger partial charge in [0.2, 0.25) is 0 Å². The predicted octanol–water partition coefficient (Wildman–Crippen LogP) is 4.70. The summed E-state index contributed by atoms with van der Waals surface area (Å²) in [5.41, 5.74) is 5.30. The van der Waals surface area contributed by atoms with Gasteiger partial charge in [0, 0.05) is 0 Å². The molecule has 0 heterocycles. The van der Waals surface area contributed by atoms with E-state index in [0.717, 1.165) is 6.42 Å². The van der Waals surface area contributed by atoms with Gasteiger partial charge >= 0.3 is 0 Å². The lowest BCUT2D eigenvalue weighted by Gasteiger charge is -2.06. The Morgan fingerprint density at radius 3 is 2.24 bits per heavy atom. The summed E-state index contributed by atoms with van der Waals surface area (Å²) >= 11 is 0. The van der Waals surface area contributed by atoms with Crippen LogP contribution >= 0.6 is 0 Å². The molecular formula is C17H14. The summed E-state index contributed by atoms with van der Waals surface area (Å²) in [6, 6.07) is 19.3. The van der Waals surface area contributed by atoms with Crippen LogP contribution in [0.25, 0.3) is 16.7 Å². The number of hydrogen-bond donors (Lipinski definition) is 0. The summed E-state index contributed by atoms with van der Waals surface area (Å²) in [5.74, 6) is 0. The normalized spacial score (nSPS) is 13.8. The Balaban J connectivity index is 2.00. The third-order valence-electron chi connectivity index (χ3n) is 3.11. The van der Waals surface area contributed by atoms with E-state index in [1.54, 1.807) is 0 Å². The number of hydrogen-bond acceptors (Lipinski definition) is 0. The predicted molar refractivity (Wildman–Crippen MR) is 73.6 cm³/mol. The van der Waals surface area contributed by atoms with Crippen molar-refractivity contribution < 1.29 is 0 Å². The van der Waals surface area contributed by atoms with E-state index in [0.29, 0.717) is 0 Å². The van der Waals surface area contributed by atoms with Crippen LogP contribution < -0.4 is 0 Å².